The van der Waals surface area contributed by atoms with Crippen LogP contribution >= 0.6 is 12.4 Å². The minimum atomic E-state index is -4.11. The van der Waals surface area contributed by atoms with Gasteiger partial charge in [-0.1, -0.05) is 18.2 Å². The maximum absolute atomic E-state index is 12.5. The molecule has 36 heavy (non-hydrogen) atoms. The van der Waals surface area contributed by atoms with Crippen molar-refractivity contribution in [3.8, 4) is 11.5 Å². The van der Waals surface area contributed by atoms with Crippen LogP contribution in [0.3, 0.4) is 0 Å². The van der Waals surface area contributed by atoms with Crippen LogP contribution in [-0.2, 0) is 14.8 Å². The molecule has 1 unspecified atom stereocenters. The molecule has 0 saturated heterocycles. The average Bonchev–Trinajstić information content (AvgIpc) is 2.85. The van der Waals surface area contributed by atoms with Gasteiger partial charge in [0.2, 0.25) is 10.0 Å². The van der Waals surface area contributed by atoms with E-state index in [1.807, 2.05) is 4.72 Å². The number of aromatic hydroxyl groups is 1. The number of phenolic OH excluding ortho intramolecular Hbond substituents is 1. The van der Waals surface area contributed by atoms with Crippen molar-refractivity contribution in [2.75, 3.05) is 32.8 Å². The van der Waals surface area contributed by atoms with Gasteiger partial charge in [-0.05, 0) is 30.7 Å². The van der Waals surface area contributed by atoms with Crippen molar-refractivity contribution < 1.29 is 33.0 Å². The fourth-order valence-corrected chi connectivity index (χ4v) is 4.32. The number of rotatable bonds is 11. The molecule has 2 aromatic rings. The Kier molecular flexibility index (Phi) is 10.8. The van der Waals surface area contributed by atoms with Crippen LogP contribution in [0.1, 0.15) is 16.8 Å². The molecule has 0 aromatic heterocycles. The normalized spacial score (nSPS) is 13.8. The molecule has 0 saturated carbocycles. The van der Waals surface area contributed by atoms with Gasteiger partial charge in [-0.3, -0.25) is 14.6 Å². The zero-order valence-corrected chi connectivity index (χ0v) is 20.8. The molecule has 1 aliphatic rings. The first kappa shape index (κ1) is 28.7. The monoisotopic (exact) mass is 541 g/mol. The van der Waals surface area contributed by atoms with E-state index in [0.717, 1.165) is 19.5 Å². The van der Waals surface area contributed by atoms with E-state index in [1.165, 1.54) is 42.5 Å². The number of benzene rings is 2. The second-order valence-corrected chi connectivity index (χ2v) is 9.21. The van der Waals surface area contributed by atoms with Gasteiger partial charge >= 0.3 is 5.97 Å². The number of aliphatic imine (C=N–C) groups is 1. The summed E-state index contributed by atoms with van der Waals surface area (Å²) in [5, 5.41) is 28.1. The average molecular weight is 542 g/mol. The number of carbonyl (C=O) groups excluding carboxylic acids is 1. The number of carboxylic acid groups (broad SMARTS) is 1. The molecule has 196 valence electrons. The van der Waals surface area contributed by atoms with Crippen molar-refractivity contribution in [2.45, 2.75) is 17.4 Å². The predicted molar refractivity (Wildman–Crippen MR) is 134 cm³/mol. The van der Waals surface area contributed by atoms with Gasteiger partial charge in [-0.25, -0.2) is 8.42 Å². The summed E-state index contributed by atoms with van der Waals surface area (Å²) in [4.78, 5) is 28.2. The number of halogens is 1. The summed E-state index contributed by atoms with van der Waals surface area (Å²) in [6, 6.07) is 9.71. The standard InChI is InChI=1S/C22H27N5O7S.ClH/c28-19-13-15(34-12-11-25-22-23-9-4-10-24-22)7-8-17(19)20(29)26-14-18(21(30)31)27-35(32,33)16-5-2-1-3-6-16;/h1-3,5-8,13,18,27-28H,4,9-12,14H2,(H,26,29)(H,30,31)(H2,23,24,25);1H. The van der Waals surface area contributed by atoms with Gasteiger partial charge in [0.25, 0.3) is 5.91 Å². The van der Waals surface area contributed by atoms with Gasteiger partial charge in [0.15, 0.2) is 5.96 Å². The second-order valence-electron chi connectivity index (χ2n) is 7.50. The van der Waals surface area contributed by atoms with E-state index in [-0.39, 0.29) is 35.2 Å². The quantitative estimate of drug-likeness (QED) is 0.218. The number of hydrogen-bond acceptors (Lipinski definition) is 9. The third-order valence-electron chi connectivity index (χ3n) is 4.89. The van der Waals surface area contributed by atoms with Crippen LogP contribution < -0.4 is 25.4 Å². The van der Waals surface area contributed by atoms with Gasteiger partial charge < -0.3 is 30.9 Å². The van der Waals surface area contributed by atoms with Crippen molar-refractivity contribution in [1.29, 1.82) is 0 Å². The highest BCUT2D eigenvalue weighted by atomic mass is 35.5. The molecule has 0 bridgehead atoms. The number of amides is 1. The Hall–Kier alpha value is -3.55. The van der Waals surface area contributed by atoms with E-state index >= 15 is 0 Å². The molecule has 12 nitrogen and oxygen atoms in total. The van der Waals surface area contributed by atoms with Crippen molar-refractivity contribution in [2.24, 2.45) is 4.99 Å². The number of nitrogens with one attached hydrogen (secondary N) is 4. The van der Waals surface area contributed by atoms with Gasteiger partial charge in [0.1, 0.15) is 24.1 Å². The third-order valence-corrected chi connectivity index (χ3v) is 6.38. The summed E-state index contributed by atoms with van der Waals surface area (Å²) in [6.45, 7) is 1.84. The van der Waals surface area contributed by atoms with Crippen LogP contribution in [0.15, 0.2) is 58.4 Å². The lowest BCUT2D eigenvalue weighted by atomic mass is 10.1. The van der Waals surface area contributed by atoms with Crippen molar-refractivity contribution >= 4 is 40.3 Å². The largest absolute Gasteiger partial charge is 0.507 e. The lowest BCUT2D eigenvalue weighted by Crippen LogP contribution is -2.48. The fourth-order valence-electron chi connectivity index (χ4n) is 3.11. The molecule has 1 heterocycles. The minimum Gasteiger partial charge on any atom is -0.507 e. The Morgan fingerprint density at radius 1 is 1.17 bits per heavy atom. The first-order valence-corrected chi connectivity index (χ1v) is 12.3. The van der Waals surface area contributed by atoms with Crippen LogP contribution in [0.2, 0.25) is 0 Å². The number of carboxylic acids is 1. The third kappa shape index (κ3) is 8.29. The molecule has 3 rings (SSSR count). The second kappa shape index (κ2) is 13.5. The van der Waals surface area contributed by atoms with E-state index in [4.69, 9.17) is 4.74 Å². The lowest BCUT2D eigenvalue weighted by Gasteiger charge is -2.17. The number of sulfonamides is 1. The van der Waals surface area contributed by atoms with Crippen molar-refractivity contribution in [1.82, 2.24) is 20.7 Å². The maximum atomic E-state index is 12.5. The highest BCUT2D eigenvalue weighted by Crippen LogP contribution is 2.23. The molecule has 0 spiro atoms. The topological polar surface area (TPSA) is 178 Å². The van der Waals surface area contributed by atoms with Crippen LogP contribution in [0.5, 0.6) is 11.5 Å². The summed E-state index contributed by atoms with van der Waals surface area (Å²) in [5.41, 5.74) is -0.119. The summed E-state index contributed by atoms with van der Waals surface area (Å²) < 4.78 is 32.4. The number of hydrogen-bond donors (Lipinski definition) is 6. The first-order chi connectivity index (χ1) is 16.8. The smallest absolute Gasteiger partial charge is 0.323 e. The Labute approximate surface area is 214 Å². The van der Waals surface area contributed by atoms with E-state index in [2.05, 4.69) is 20.9 Å². The summed E-state index contributed by atoms with van der Waals surface area (Å²) in [6.07, 6.45) is 0.987. The highest BCUT2D eigenvalue weighted by molar-refractivity contribution is 7.89. The van der Waals surface area contributed by atoms with Crippen LogP contribution in [0, 0.1) is 0 Å². The number of carbonyl (C=O) groups is 2. The SMILES string of the molecule is Cl.O=C(NCC(NS(=O)(=O)c1ccccc1)C(=O)O)c1ccc(OCCNC2=NCCCN2)cc1O. The molecular weight excluding hydrogens is 514 g/mol. The first-order valence-electron chi connectivity index (χ1n) is 10.8. The lowest BCUT2D eigenvalue weighted by molar-refractivity contribution is -0.138. The molecule has 6 N–H and O–H groups in total. The van der Waals surface area contributed by atoms with Crippen LogP contribution in [-0.4, -0.2) is 75.3 Å². The molecule has 0 fully saturated rings. The number of phenols is 1. The molecular formula is C22H28ClN5O7S. The van der Waals surface area contributed by atoms with Gasteiger partial charge in [-0.2, -0.15) is 4.72 Å². The van der Waals surface area contributed by atoms with Crippen LogP contribution in [0.4, 0.5) is 0 Å². The molecule has 1 amide bonds. The molecule has 1 aliphatic heterocycles. The maximum Gasteiger partial charge on any atom is 0.323 e. The highest BCUT2D eigenvalue weighted by Gasteiger charge is 2.26. The fraction of sp³-hybridized carbons (Fsp3) is 0.318. The Morgan fingerprint density at radius 2 is 1.92 bits per heavy atom. The molecule has 2 aromatic carbocycles. The van der Waals surface area contributed by atoms with E-state index < -0.39 is 34.5 Å². The summed E-state index contributed by atoms with van der Waals surface area (Å²) in [5.74, 6) is -1.58. The van der Waals surface area contributed by atoms with Crippen molar-refractivity contribution in [3.63, 3.8) is 0 Å². The van der Waals surface area contributed by atoms with Gasteiger partial charge in [-0.15, -0.1) is 12.4 Å². The Bertz CT molecular complexity index is 1180. The van der Waals surface area contributed by atoms with Gasteiger partial charge in [0, 0.05) is 25.7 Å². The Morgan fingerprint density at radius 3 is 2.56 bits per heavy atom. The predicted octanol–water partition coefficient (Wildman–Crippen LogP) is 0.293. The summed E-state index contributed by atoms with van der Waals surface area (Å²) >= 11 is 0. The van der Waals surface area contributed by atoms with Gasteiger partial charge in [0.05, 0.1) is 17.0 Å². The Balaban J connectivity index is 0.00000456. The minimum absolute atomic E-state index is 0. The number of nitrogens with zero attached hydrogens (tertiary/aromatic N) is 1. The van der Waals surface area contributed by atoms with Crippen LogP contribution in [0.25, 0.3) is 0 Å². The number of guanidine groups is 1. The summed E-state index contributed by atoms with van der Waals surface area (Å²) in [7, 11) is -4.11. The zero-order chi connectivity index (χ0) is 25.3. The molecule has 0 radical (unpaired) electrons. The number of ether oxygens (including phenoxy) is 1. The zero-order valence-electron chi connectivity index (χ0n) is 19.1. The molecule has 1 atom stereocenters. The van der Waals surface area contributed by atoms with E-state index in [9.17, 15) is 28.2 Å². The van der Waals surface area contributed by atoms with Crippen molar-refractivity contribution in [3.05, 3.63) is 54.1 Å². The molecule has 14 heteroatoms. The van der Waals surface area contributed by atoms with E-state index in [0.29, 0.717) is 18.3 Å². The number of aliphatic carboxylic acids is 1. The van der Waals surface area contributed by atoms with E-state index in [1.54, 1.807) is 6.07 Å². The molecule has 0 aliphatic carbocycles.